The van der Waals surface area contributed by atoms with Crippen molar-refractivity contribution in [3.8, 4) is 11.5 Å². The fourth-order valence-corrected chi connectivity index (χ4v) is 6.36. The van der Waals surface area contributed by atoms with Crippen LogP contribution in [0.2, 0.25) is 36.3 Å². The van der Waals surface area contributed by atoms with Crippen molar-refractivity contribution in [1.29, 1.82) is 0 Å². The Hall–Kier alpha value is -2.83. The van der Waals surface area contributed by atoms with Crippen molar-refractivity contribution in [3.63, 3.8) is 0 Å². The quantitative estimate of drug-likeness (QED) is 0.191. The highest BCUT2D eigenvalue weighted by atomic mass is 28.4. The van der Waals surface area contributed by atoms with Gasteiger partial charge in [-0.3, -0.25) is 9.97 Å². The van der Waals surface area contributed by atoms with Gasteiger partial charge >= 0.3 is 0 Å². The maximum absolute atomic E-state index is 9.17. The number of hydrogen-bond donors (Lipinski definition) is 1. The number of aromatic nitrogens is 2. The average Bonchev–Trinajstić information content (AvgIpc) is 3.56. The van der Waals surface area contributed by atoms with Crippen LogP contribution in [0.15, 0.2) is 60.7 Å². The van der Waals surface area contributed by atoms with E-state index >= 15 is 0 Å². The summed E-state index contributed by atoms with van der Waals surface area (Å²) in [5, 5.41) is 11.8. The maximum atomic E-state index is 9.17. The Morgan fingerprint density at radius 1 is 0.673 bits per heavy atom. The van der Waals surface area contributed by atoms with Crippen LogP contribution in [0.4, 0.5) is 0 Å². The molecule has 2 aromatic carbocycles. The molecule has 9 heteroatoms. The first-order valence-corrected chi connectivity index (χ1v) is 22.6. The summed E-state index contributed by atoms with van der Waals surface area (Å²) in [6, 6.07) is 20.3. The molecule has 0 unspecified atom stereocenters. The molecule has 2 aromatic heterocycles. The Bertz CT molecular complexity index is 1580. The largest absolute Gasteiger partial charge is 0.543 e. The number of fused-ring (bicyclic) bond motifs is 2. The summed E-state index contributed by atoms with van der Waals surface area (Å²) >= 11 is 0. The Morgan fingerprint density at radius 3 is 1.41 bits per heavy atom. The van der Waals surface area contributed by atoms with Crippen molar-refractivity contribution < 1.29 is 18.7 Å². The van der Waals surface area contributed by atoms with Gasteiger partial charge < -0.3 is 23.6 Å². The van der Waals surface area contributed by atoms with Crippen LogP contribution in [0.3, 0.4) is 0 Å². The Kier molecular flexibility index (Phi) is 16.6. The van der Waals surface area contributed by atoms with E-state index in [-0.39, 0.29) is 31.5 Å². The summed E-state index contributed by atoms with van der Waals surface area (Å²) < 4.78 is 17.6. The molecule has 0 saturated carbocycles. The third kappa shape index (κ3) is 13.1. The number of aliphatic hydroxyl groups is 1. The lowest BCUT2D eigenvalue weighted by Crippen LogP contribution is -2.43. The van der Waals surface area contributed by atoms with E-state index in [1.54, 1.807) is 0 Å². The van der Waals surface area contributed by atoms with Crippen LogP contribution < -0.4 is 8.85 Å². The van der Waals surface area contributed by atoms with Crippen LogP contribution in [-0.4, -0.2) is 63.9 Å². The molecular formula is C40H67N3O4Si2. The zero-order valence-corrected chi connectivity index (χ0v) is 33.0. The molecule has 1 N–H and O–H groups in total. The lowest BCUT2D eigenvalue weighted by Gasteiger charge is -2.36. The van der Waals surface area contributed by atoms with Gasteiger partial charge in [-0.05, 0) is 99.6 Å². The van der Waals surface area contributed by atoms with E-state index in [0.29, 0.717) is 5.69 Å². The lowest BCUT2D eigenvalue weighted by molar-refractivity contribution is 0.198. The zero-order valence-electron chi connectivity index (χ0n) is 31.0. The highest BCUT2D eigenvalue weighted by molar-refractivity contribution is 6.75. The molecule has 49 heavy (non-hydrogen) atoms. The third-order valence-corrected chi connectivity index (χ3v) is 18.0. The molecule has 4 aromatic rings. The van der Waals surface area contributed by atoms with E-state index in [1.807, 2.05) is 30.3 Å². The fourth-order valence-electron chi connectivity index (χ4n) is 4.31. The first-order chi connectivity index (χ1) is 21.8. The van der Waals surface area contributed by atoms with Gasteiger partial charge in [-0.1, -0.05) is 68.5 Å². The van der Waals surface area contributed by atoms with Crippen molar-refractivity contribution in [2.75, 3.05) is 27.3 Å². The van der Waals surface area contributed by atoms with Gasteiger partial charge in [0.05, 0.1) is 29.0 Å². The van der Waals surface area contributed by atoms with E-state index in [4.69, 9.17) is 18.6 Å². The molecule has 1 aliphatic heterocycles. The second kappa shape index (κ2) is 18.4. The van der Waals surface area contributed by atoms with Crippen LogP contribution in [0, 0.1) is 0 Å². The summed E-state index contributed by atoms with van der Waals surface area (Å²) in [7, 11) is 0.476. The second-order valence-corrected chi connectivity index (χ2v) is 25.2. The van der Waals surface area contributed by atoms with E-state index in [2.05, 4.69) is 122 Å². The summed E-state index contributed by atoms with van der Waals surface area (Å²) in [6.45, 7) is 25.3. The van der Waals surface area contributed by atoms with Gasteiger partial charge in [0.15, 0.2) is 0 Å². The first kappa shape index (κ1) is 44.2. The summed E-state index contributed by atoms with van der Waals surface area (Å²) in [6.07, 6.45) is 2.56. The molecule has 1 fully saturated rings. The minimum absolute atomic E-state index is 0. The standard InChI is InChI=1S/C18H28N2OSi.C16H23NO2Si.C4H8O.2CH4/c1-18(2,3)22(6,7)21-16-11-9-14-8-10-15(13-20(4)5)19-17(14)12-16;1-16(2,3)20(4,5)19-14-9-7-12-6-8-13(11-18)17-15(12)10-14;1-2-4-5-3-1;;/h8-12H,13H2,1-7H3;6-10,18H,11H2,1-5H3;1-4H2;2*1H4. The van der Waals surface area contributed by atoms with E-state index < -0.39 is 16.6 Å². The fraction of sp³-hybridized carbons (Fsp3) is 0.550. The van der Waals surface area contributed by atoms with Gasteiger partial charge in [-0.2, -0.15) is 0 Å². The SMILES string of the molecule is C.C.C1CCOC1.CC(C)(C)[Si](C)(C)Oc1ccc2ccc(CO)nc2c1.CN(C)Cc1ccc2ccc(O[Si](C)(C)C(C)(C)C)cc2n1. The van der Waals surface area contributed by atoms with Gasteiger partial charge in [0.25, 0.3) is 0 Å². The van der Waals surface area contributed by atoms with Crippen LogP contribution in [0.5, 0.6) is 11.5 Å². The van der Waals surface area contributed by atoms with Crippen LogP contribution in [-0.2, 0) is 17.9 Å². The van der Waals surface area contributed by atoms with Crippen molar-refractivity contribution >= 4 is 38.4 Å². The third-order valence-electron chi connectivity index (χ3n) is 9.27. The highest BCUT2D eigenvalue weighted by Gasteiger charge is 2.39. The number of ether oxygens (including phenoxy) is 1. The summed E-state index contributed by atoms with van der Waals surface area (Å²) in [5.74, 6) is 1.81. The molecule has 5 rings (SSSR count). The number of nitrogens with zero attached hydrogens (tertiary/aromatic N) is 3. The smallest absolute Gasteiger partial charge is 0.250 e. The zero-order chi connectivity index (χ0) is 35.0. The van der Waals surface area contributed by atoms with Gasteiger partial charge in [0.2, 0.25) is 16.6 Å². The normalized spacial score (nSPS) is 13.4. The van der Waals surface area contributed by atoms with Gasteiger partial charge in [-0.25, -0.2) is 0 Å². The lowest BCUT2D eigenvalue weighted by atomic mass is 10.2. The minimum atomic E-state index is -1.83. The van der Waals surface area contributed by atoms with Gasteiger partial charge in [0.1, 0.15) is 11.5 Å². The molecule has 0 amide bonds. The number of benzene rings is 2. The van der Waals surface area contributed by atoms with Gasteiger partial charge in [0, 0.05) is 42.7 Å². The predicted molar refractivity (Wildman–Crippen MR) is 216 cm³/mol. The molecule has 7 nitrogen and oxygen atoms in total. The Morgan fingerprint density at radius 2 is 1.06 bits per heavy atom. The minimum Gasteiger partial charge on any atom is -0.543 e. The van der Waals surface area contributed by atoms with Crippen molar-refractivity contribution in [1.82, 2.24) is 14.9 Å². The Balaban J connectivity index is 0.000000414. The van der Waals surface area contributed by atoms with Crippen LogP contribution >= 0.6 is 0 Å². The molecule has 3 heterocycles. The summed E-state index contributed by atoms with van der Waals surface area (Å²) in [5.41, 5.74) is 3.65. The van der Waals surface area contributed by atoms with Crippen molar-refractivity contribution in [3.05, 3.63) is 72.1 Å². The molecule has 0 spiro atoms. The topological polar surface area (TPSA) is 76.9 Å². The molecule has 274 valence electrons. The molecule has 0 radical (unpaired) electrons. The Labute approximate surface area is 300 Å². The molecule has 1 aliphatic rings. The molecule has 0 bridgehead atoms. The monoisotopic (exact) mass is 709 g/mol. The number of pyridine rings is 2. The number of aliphatic hydroxyl groups excluding tert-OH is 1. The van der Waals surface area contributed by atoms with E-state index in [9.17, 15) is 5.11 Å². The number of rotatable bonds is 7. The summed E-state index contributed by atoms with van der Waals surface area (Å²) in [4.78, 5) is 11.3. The first-order valence-electron chi connectivity index (χ1n) is 16.8. The molecule has 1 saturated heterocycles. The predicted octanol–water partition coefficient (Wildman–Crippen LogP) is 10.9. The second-order valence-electron chi connectivity index (χ2n) is 15.8. The van der Waals surface area contributed by atoms with Crippen LogP contribution in [0.1, 0.15) is 80.6 Å². The van der Waals surface area contributed by atoms with Gasteiger partial charge in [-0.15, -0.1) is 0 Å². The van der Waals surface area contributed by atoms with E-state index in [0.717, 1.165) is 58.8 Å². The molecule has 0 atom stereocenters. The molecule has 0 aliphatic carbocycles. The average molecular weight is 710 g/mol. The number of hydrogen-bond acceptors (Lipinski definition) is 7. The van der Waals surface area contributed by atoms with Crippen molar-refractivity contribution in [2.45, 2.75) is 119 Å². The van der Waals surface area contributed by atoms with E-state index in [1.165, 1.54) is 12.8 Å². The molecular weight excluding hydrogens is 643 g/mol. The van der Waals surface area contributed by atoms with Crippen molar-refractivity contribution in [2.24, 2.45) is 0 Å². The van der Waals surface area contributed by atoms with Crippen LogP contribution in [0.25, 0.3) is 21.8 Å². The maximum Gasteiger partial charge on any atom is 0.250 e. The highest BCUT2D eigenvalue weighted by Crippen LogP contribution is 2.39.